The van der Waals surface area contributed by atoms with Crippen molar-refractivity contribution in [1.29, 1.82) is 0 Å². The van der Waals surface area contributed by atoms with Gasteiger partial charge in [-0.25, -0.2) is 0 Å². The van der Waals surface area contributed by atoms with Crippen LogP contribution < -0.4 is 5.32 Å². The molecule has 122 valence electrons. The molecule has 1 saturated carbocycles. The largest absolute Gasteiger partial charge is 0.392 e. The van der Waals surface area contributed by atoms with Gasteiger partial charge in [-0.3, -0.25) is 14.6 Å². The Hall–Kier alpha value is -0.650. The summed E-state index contributed by atoms with van der Waals surface area (Å²) in [5.74, 6) is 0.186. The first-order chi connectivity index (χ1) is 10.1. The van der Waals surface area contributed by atoms with Crippen LogP contribution in [-0.2, 0) is 4.79 Å². The molecule has 2 fully saturated rings. The molecule has 1 saturated heterocycles. The fraction of sp³-hybridized carbons (Fsp3) is 0.938. The molecule has 0 aromatic heterocycles. The standard InChI is InChI=1S/C16H31N3O2/c1-14(20)12-18-8-10-19(11-9-18)13-16(21)17-15-6-4-2-3-5-7-15/h14-15,20H,2-13H2,1H3,(H,17,21)/t14-/m1/s1. The van der Waals surface area contributed by atoms with E-state index in [0.717, 1.165) is 45.6 Å². The van der Waals surface area contributed by atoms with Crippen LogP contribution in [0.5, 0.6) is 0 Å². The fourth-order valence-electron chi connectivity index (χ4n) is 3.40. The zero-order valence-corrected chi connectivity index (χ0v) is 13.4. The van der Waals surface area contributed by atoms with Gasteiger partial charge in [0.25, 0.3) is 0 Å². The maximum absolute atomic E-state index is 12.1. The van der Waals surface area contributed by atoms with Crippen LogP contribution in [0.15, 0.2) is 0 Å². The molecule has 1 heterocycles. The molecule has 0 radical (unpaired) electrons. The van der Waals surface area contributed by atoms with Crippen LogP contribution >= 0.6 is 0 Å². The van der Waals surface area contributed by atoms with E-state index in [-0.39, 0.29) is 12.0 Å². The first-order valence-electron chi connectivity index (χ1n) is 8.55. The topological polar surface area (TPSA) is 55.8 Å². The van der Waals surface area contributed by atoms with Crippen LogP contribution in [0.1, 0.15) is 45.4 Å². The number of carbonyl (C=O) groups excluding carboxylic acids is 1. The van der Waals surface area contributed by atoms with Gasteiger partial charge >= 0.3 is 0 Å². The van der Waals surface area contributed by atoms with Crippen molar-refractivity contribution in [3.8, 4) is 0 Å². The molecule has 2 N–H and O–H groups in total. The number of rotatable bonds is 5. The average molecular weight is 297 g/mol. The third-order valence-electron chi connectivity index (χ3n) is 4.57. The van der Waals surface area contributed by atoms with Crippen LogP contribution in [0.2, 0.25) is 0 Å². The molecule has 2 aliphatic rings. The molecular weight excluding hydrogens is 266 g/mol. The van der Waals surface area contributed by atoms with Gasteiger partial charge < -0.3 is 10.4 Å². The number of hydrogen-bond acceptors (Lipinski definition) is 4. The summed E-state index contributed by atoms with van der Waals surface area (Å²) in [6.45, 7) is 6.83. The Labute approximate surface area is 128 Å². The summed E-state index contributed by atoms with van der Waals surface area (Å²) in [7, 11) is 0. The molecular formula is C16H31N3O2. The van der Waals surface area contributed by atoms with E-state index in [1.54, 1.807) is 0 Å². The Bertz CT molecular complexity index is 307. The van der Waals surface area contributed by atoms with Gasteiger partial charge in [-0.05, 0) is 19.8 Å². The summed E-state index contributed by atoms with van der Waals surface area (Å²) in [5, 5.41) is 12.6. The fourth-order valence-corrected chi connectivity index (χ4v) is 3.40. The number of piperazine rings is 1. The molecule has 2 rings (SSSR count). The second kappa shape index (κ2) is 8.71. The maximum Gasteiger partial charge on any atom is 0.234 e. The van der Waals surface area contributed by atoms with Crippen LogP contribution in [0.25, 0.3) is 0 Å². The van der Waals surface area contributed by atoms with Crippen molar-refractivity contribution in [2.45, 2.75) is 57.6 Å². The number of carbonyl (C=O) groups is 1. The summed E-state index contributed by atoms with van der Waals surface area (Å²) in [4.78, 5) is 16.6. The molecule has 0 unspecified atom stereocenters. The van der Waals surface area contributed by atoms with Gasteiger partial charge in [0.2, 0.25) is 5.91 Å². The van der Waals surface area contributed by atoms with Crippen molar-refractivity contribution in [2.24, 2.45) is 0 Å². The molecule has 1 aliphatic heterocycles. The predicted octanol–water partition coefficient (Wildman–Crippen LogP) is 0.824. The van der Waals surface area contributed by atoms with E-state index in [1.165, 1.54) is 25.7 Å². The highest BCUT2D eigenvalue weighted by atomic mass is 16.3. The molecule has 1 amide bonds. The number of nitrogens with zero attached hydrogens (tertiary/aromatic N) is 2. The van der Waals surface area contributed by atoms with Crippen LogP contribution in [0.3, 0.4) is 0 Å². The van der Waals surface area contributed by atoms with Crippen molar-refractivity contribution < 1.29 is 9.90 Å². The highest BCUT2D eigenvalue weighted by molar-refractivity contribution is 5.78. The highest BCUT2D eigenvalue weighted by Crippen LogP contribution is 2.17. The Morgan fingerprint density at radius 3 is 2.24 bits per heavy atom. The molecule has 0 bridgehead atoms. The normalized spacial score (nSPS) is 24.5. The summed E-state index contributed by atoms with van der Waals surface area (Å²) < 4.78 is 0. The van der Waals surface area contributed by atoms with Crippen molar-refractivity contribution in [3.63, 3.8) is 0 Å². The minimum absolute atomic E-state index is 0.186. The maximum atomic E-state index is 12.1. The molecule has 0 aromatic rings. The van der Waals surface area contributed by atoms with E-state index in [0.29, 0.717) is 12.6 Å². The molecule has 21 heavy (non-hydrogen) atoms. The van der Waals surface area contributed by atoms with Gasteiger partial charge in [0.1, 0.15) is 0 Å². The molecule has 0 spiro atoms. The van der Waals surface area contributed by atoms with E-state index in [4.69, 9.17) is 0 Å². The Morgan fingerprint density at radius 1 is 1.10 bits per heavy atom. The summed E-state index contributed by atoms with van der Waals surface area (Å²) in [6, 6.07) is 0.400. The number of amides is 1. The van der Waals surface area contributed by atoms with Gasteiger partial charge in [0, 0.05) is 38.8 Å². The minimum atomic E-state index is -0.268. The lowest BCUT2D eigenvalue weighted by molar-refractivity contribution is -0.123. The second-order valence-corrected chi connectivity index (χ2v) is 6.68. The van der Waals surface area contributed by atoms with E-state index in [9.17, 15) is 9.90 Å². The zero-order chi connectivity index (χ0) is 15.1. The number of nitrogens with one attached hydrogen (secondary N) is 1. The number of hydrogen-bond donors (Lipinski definition) is 2. The van der Waals surface area contributed by atoms with Gasteiger partial charge in [0.05, 0.1) is 12.6 Å². The SMILES string of the molecule is C[C@@H](O)CN1CCN(CC(=O)NC2CCCCCC2)CC1. The summed E-state index contributed by atoms with van der Waals surface area (Å²) in [5.41, 5.74) is 0. The molecule has 1 aliphatic carbocycles. The quantitative estimate of drug-likeness (QED) is 0.738. The first-order valence-corrected chi connectivity index (χ1v) is 8.55. The summed E-state index contributed by atoms with van der Waals surface area (Å²) in [6.07, 6.45) is 7.17. The Morgan fingerprint density at radius 2 is 1.67 bits per heavy atom. The van der Waals surface area contributed by atoms with Gasteiger partial charge in [0.15, 0.2) is 0 Å². The van der Waals surface area contributed by atoms with Crippen LogP contribution in [-0.4, -0.2) is 72.2 Å². The molecule has 5 nitrogen and oxygen atoms in total. The van der Waals surface area contributed by atoms with Crippen LogP contribution in [0, 0.1) is 0 Å². The molecule has 1 atom stereocenters. The van der Waals surface area contributed by atoms with Gasteiger partial charge in [-0.1, -0.05) is 25.7 Å². The third-order valence-corrected chi connectivity index (χ3v) is 4.57. The van der Waals surface area contributed by atoms with Crippen molar-refractivity contribution in [3.05, 3.63) is 0 Å². The summed E-state index contributed by atoms with van der Waals surface area (Å²) >= 11 is 0. The zero-order valence-electron chi connectivity index (χ0n) is 13.4. The lowest BCUT2D eigenvalue weighted by Gasteiger charge is -2.35. The van der Waals surface area contributed by atoms with E-state index in [1.807, 2.05) is 6.92 Å². The average Bonchev–Trinajstić information content (AvgIpc) is 2.69. The van der Waals surface area contributed by atoms with Gasteiger partial charge in [-0.2, -0.15) is 0 Å². The van der Waals surface area contributed by atoms with Crippen molar-refractivity contribution in [1.82, 2.24) is 15.1 Å². The van der Waals surface area contributed by atoms with E-state index < -0.39 is 0 Å². The van der Waals surface area contributed by atoms with Crippen molar-refractivity contribution in [2.75, 3.05) is 39.3 Å². The third kappa shape index (κ3) is 6.32. The lowest BCUT2D eigenvalue weighted by atomic mass is 10.1. The van der Waals surface area contributed by atoms with E-state index >= 15 is 0 Å². The number of aliphatic hydroxyl groups is 1. The highest BCUT2D eigenvalue weighted by Gasteiger charge is 2.21. The smallest absolute Gasteiger partial charge is 0.234 e. The van der Waals surface area contributed by atoms with E-state index in [2.05, 4.69) is 15.1 Å². The second-order valence-electron chi connectivity index (χ2n) is 6.68. The number of β-amino-alcohol motifs (C(OH)–C–C–N with tert-alkyl or cyclic N) is 1. The predicted molar refractivity (Wildman–Crippen MR) is 84.2 cm³/mol. The van der Waals surface area contributed by atoms with Crippen LogP contribution in [0.4, 0.5) is 0 Å². The minimum Gasteiger partial charge on any atom is -0.392 e. The lowest BCUT2D eigenvalue weighted by Crippen LogP contribution is -2.51. The van der Waals surface area contributed by atoms with Gasteiger partial charge in [-0.15, -0.1) is 0 Å². The monoisotopic (exact) mass is 297 g/mol. The Balaban J connectivity index is 1.64. The number of aliphatic hydroxyl groups excluding tert-OH is 1. The van der Waals surface area contributed by atoms with Crippen molar-refractivity contribution >= 4 is 5.91 Å². The first kappa shape index (κ1) is 16.7. The molecule has 5 heteroatoms. The Kier molecular flexibility index (Phi) is 6.93. The molecule has 0 aromatic carbocycles.